The SMILES string of the molecule is CC.CC.CC.CC(=O)c1ccc(CC2CCC(C(C)O)C2)cc1.[Ar].[Y]. The molecule has 0 spiro atoms. The number of hydrogen-bond acceptors (Lipinski definition) is 2. The second kappa shape index (κ2) is 22.5. The smallest absolute Gasteiger partial charge is 0.159 e. The van der Waals surface area contributed by atoms with Crippen LogP contribution < -0.4 is 0 Å². The number of hydrogen-bond donors (Lipinski definition) is 1. The predicted octanol–water partition coefficient (Wildman–Crippen LogP) is 6.30. The van der Waals surface area contributed by atoms with Gasteiger partial charge in [-0.3, -0.25) is 4.79 Å². The first-order valence-electron chi connectivity index (χ1n) is 9.84. The maximum absolute atomic E-state index is 11.2. The summed E-state index contributed by atoms with van der Waals surface area (Å²) in [5.41, 5.74) is 2.09. The minimum absolute atomic E-state index is 0. The molecule has 3 atom stereocenters. The molecule has 1 aliphatic rings. The molecular formula is C22H40ArO2Y. The molecule has 1 N–H and O–H groups in total. The van der Waals surface area contributed by atoms with Crippen LogP contribution in [0.3, 0.4) is 0 Å². The van der Waals surface area contributed by atoms with Gasteiger partial charge in [-0.25, -0.2) is 0 Å². The van der Waals surface area contributed by atoms with E-state index in [1.807, 2.05) is 60.6 Å². The second-order valence-electron chi connectivity index (χ2n) is 5.64. The van der Waals surface area contributed by atoms with Gasteiger partial charge in [0.15, 0.2) is 5.78 Å². The van der Waals surface area contributed by atoms with Crippen molar-refractivity contribution in [2.75, 3.05) is 0 Å². The normalized spacial score (nSPS) is 18.0. The Morgan fingerprint density at radius 2 is 1.50 bits per heavy atom. The number of carbonyl (C=O) groups excluding carboxylic acids is 1. The summed E-state index contributed by atoms with van der Waals surface area (Å²) in [5, 5.41) is 9.60. The molecule has 0 bridgehead atoms. The van der Waals surface area contributed by atoms with Crippen LogP contribution in [-0.2, 0) is 39.1 Å². The van der Waals surface area contributed by atoms with Crippen molar-refractivity contribution < 1.29 is 80.3 Å². The second-order valence-corrected chi connectivity index (χ2v) is 5.64. The number of aliphatic hydroxyl groups is 1. The summed E-state index contributed by atoms with van der Waals surface area (Å²) in [6.07, 6.45) is 4.39. The van der Waals surface area contributed by atoms with Crippen LogP contribution in [0.2, 0.25) is 0 Å². The van der Waals surface area contributed by atoms with Crippen molar-refractivity contribution >= 4 is 5.78 Å². The molecule has 0 heterocycles. The number of Topliss-reactive ketones (excluding diaryl/α,β-unsaturated/α-hetero) is 1. The Labute approximate surface area is 218 Å². The van der Waals surface area contributed by atoms with Crippen molar-refractivity contribution in [3.05, 3.63) is 35.4 Å². The van der Waals surface area contributed by atoms with E-state index in [1.54, 1.807) is 6.92 Å². The maximum atomic E-state index is 11.2. The van der Waals surface area contributed by atoms with Gasteiger partial charge < -0.3 is 5.11 Å². The maximum Gasteiger partial charge on any atom is 0.159 e. The standard InChI is InChI=1S/C16H22O2.3C2H6.Ar.Y/c1-11(17)15-6-3-13(4-7-15)9-14-5-8-16(10-14)12(2)18;3*1-2;;/h3-4,6-7,12,14,16,18H,5,8-10H2,1-2H3;3*1-2H3;;. The van der Waals surface area contributed by atoms with E-state index in [0.717, 1.165) is 24.8 Å². The molecular weight excluding hydrogens is 425 g/mol. The Balaban J connectivity index is -0.000000275. The predicted molar refractivity (Wildman–Crippen MR) is 107 cm³/mol. The number of rotatable bonds is 4. The third-order valence-corrected chi connectivity index (χ3v) is 4.15. The van der Waals surface area contributed by atoms with Crippen molar-refractivity contribution in [2.24, 2.45) is 11.8 Å². The Bertz CT molecular complexity index is 419. The quantitative estimate of drug-likeness (QED) is 0.530. The molecule has 0 aromatic heterocycles. The van der Waals surface area contributed by atoms with E-state index >= 15 is 0 Å². The molecule has 151 valence electrons. The van der Waals surface area contributed by atoms with Crippen LogP contribution in [0.25, 0.3) is 0 Å². The van der Waals surface area contributed by atoms with Gasteiger partial charge in [0.1, 0.15) is 0 Å². The van der Waals surface area contributed by atoms with Crippen molar-refractivity contribution in [3.63, 3.8) is 0 Å². The number of benzene rings is 1. The zero-order valence-corrected chi connectivity index (χ0v) is 21.7. The Hall–Kier alpha value is 1.21. The van der Waals surface area contributed by atoms with E-state index in [2.05, 4.69) is 12.1 Å². The van der Waals surface area contributed by atoms with Gasteiger partial charge in [-0.15, -0.1) is 0 Å². The summed E-state index contributed by atoms with van der Waals surface area (Å²) in [6, 6.07) is 7.95. The summed E-state index contributed by atoms with van der Waals surface area (Å²) < 4.78 is 0. The largest absolute Gasteiger partial charge is 0.393 e. The number of carbonyl (C=O) groups is 1. The zero-order chi connectivity index (χ0) is 19.1. The molecule has 0 saturated heterocycles. The monoisotopic (exact) mass is 465 g/mol. The number of aliphatic hydroxyl groups excluding tert-OH is 1. The molecule has 1 saturated carbocycles. The van der Waals surface area contributed by atoms with E-state index in [0.29, 0.717) is 11.8 Å². The average Bonchev–Trinajstić information content (AvgIpc) is 3.09. The average molecular weight is 465 g/mol. The van der Waals surface area contributed by atoms with Crippen molar-refractivity contribution in [3.8, 4) is 0 Å². The Morgan fingerprint density at radius 3 is 1.85 bits per heavy atom. The Kier molecular flexibility index (Phi) is 30.0. The fraction of sp³-hybridized carbons (Fsp3) is 0.682. The van der Waals surface area contributed by atoms with E-state index < -0.39 is 0 Å². The molecule has 1 fully saturated rings. The Morgan fingerprint density at radius 1 is 1.04 bits per heavy atom. The van der Waals surface area contributed by atoms with E-state index in [4.69, 9.17) is 0 Å². The first kappa shape index (κ1) is 34.7. The van der Waals surface area contributed by atoms with Gasteiger partial charge in [0.2, 0.25) is 0 Å². The van der Waals surface area contributed by atoms with Crippen LogP contribution >= 0.6 is 0 Å². The van der Waals surface area contributed by atoms with E-state index in [-0.39, 0.29) is 82.3 Å². The van der Waals surface area contributed by atoms with Crippen molar-refractivity contribution in [1.82, 2.24) is 0 Å². The van der Waals surface area contributed by atoms with Gasteiger partial charge >= 0.3 is 0 Å². The van der Waals surface area contributed by atoms with Crippen LogP contribution in [0.5, 0.6) is 0 Å². The van der Waals surface area contributed by atoms with E-state index in [9.17, 15) is 9.90 Å². The minimum Gasteiger partial charge on any atom is -0.393 e. The summed E-state index contributed by atoms with van der Waals surface area (Å²) in [5.74, 6) is 1.29. The van der Waals surface area contributed by atoms with Gasteiger partial charge in [-0.1, -0.05) is 65.8 Å². The minimum atomic E-state index is -0.171. The van der Waals surface area contributed by atoms with Gasteiger partial charge in [0, 0.05) is 76.0 Å². The van der Waals surface area contributed by atoms with E-state index in [1.165, 1.54) is 12.0 Å². The number of ketones is 1. The van der Waals surface area contributed by atoms with Gasteiger partial charge in [0.25, 0.3) is 0 Å². The van der Waals surface area contributed by atoms with Crippen LogP contribution in [0, 0.1) is 49.6 Å². The van der Waals surface area contributed by atoms with Gasteiger partial charge in [0.05, 0.1) is 6.10 Å². The van der Waals surface area contributed by atoms with Crippen LogP contribution in [0.15, 0.2) is 24.3 Å². The van der Waals surface area contributed by atoms with Gasteiger partial charge in [-0.2, -0.15) is 0 Å². The summed E-state index contributed by atoms with van der Waals surface area (Å²) in [7, 11) is 0. The molecule has 1 aromatic carbocycles. The van der Waals surface area contributed by atoms with Crippen molar-refractivity contribution in [1.29, 1.82) is 0 Å². The molecule has 0 aliphatic heterocycles. The molecule has 1 radical (unpaired) electrons. The van der Waals surface area contributed by atoms with Crippen LogP contribution in [0.4, 0.5) is 0 Å². The first-order chi connectivity index (χ1) is 11.6. The molecule has 0 amide bonds. The van der Waals surface area contributed by atoms with Crippen LogP contribution in [-0.4, -0.2) is 17.0 Å². The fourth-order valence-corrected chi connectivity index (χ4v) is 2.95. The summed E-state index contributed by atoms with van der Waals surface area (Å²) in [6.45, 7) is 15.5. The molecule has 1 aromatic rings. The molecule has 2 rings (SSSR count). The van der Waals surface area contributed by atoms with Crippen LogP contribution in [0.1, 0.15) is 90.6 Å². The van der Waals surface area contributed by atoms with Crippen molar-refractivity contribution in [2.45, 2.75) is 87.2 Å². The third kappa shape index (κ3) is 14.2. The molecule has 26 heavy (non-hydrogen) atoms. The molecule has 3 unspecified atom stereocenters. The first-order valence-corrected chi connectivity index (χ1v) is 9.84. The molecule has 2 nitrogen and oxygen atoms in total. The summed E-state index contributed by atoms with van der Waals surface area (Å²) in [4.78, 5) is 11.2. The molecule has 4 heteroatoms. The fourth-order valence-electron chi connectivity index (χ4n) is 2.95. The molecule has 1 aliphatic carbocycles. The summed E-state index contributed by atoms with van der Waals surface area (Å²) >= 11 is 0. The third-order valence-electron chi connectivity index (χ3n) is 4.15. The topological polar surface area (TPSA) is 37.3 Å². The van der Waals surface area contributed by atoms with Gasteiger partial charge in [-0.05, 0) is 56.9 Å². The zero-order valence-electron chi connectivity index (χ0n) is 18.2.